The Kier molecular flexibility index (Phi) is 18.2. The molecule has 10 atom stereocenters. The van der Waals surface area contributed by atoms with Crippen LogP contribution in [0.3, 0.4) is 0 Å². The Balaban J connectivity index is 1.76. The van der Waals surface area contributed by atoms with E-state index in [1.165, 1.54) is 4.90 Å². The van der Waals surface area contributed by atoms with Gasteiger partial charge in [-0.05, 0) is 74.9 Å². The Morgan fingerprint density at radius 2 is 1.40 bits per heavy atom. The molecule has 0 aromatic heterocycles. The van der Waals surface area contributed by atoms with Crippen LogP contribution in [0.15, 0.2) is 30.3 Å². The van der Waals surface area contributed by atoms with E-state index < -0.39 is 35.9 Å². The van der Waals surface area contributed by atoms with Crippen LogP contribution in [0.2, 0.25) is 0 Å². The van der Waals surface area contributed by atoms with E-state index in [2.05, 4.69) is 24.5 Å². The molecule has 0 aliphatic carbocycles. The van der Waals surface area contributed by atoms with Gasteiger partial charge in [-0.3, -0.25) is 28.9 Å². The summed E-state index contributed by atoms with van der Waals surface area (Å²) in [6.07, 6.45) is 3.76. The maximum atomic E-state index is 14.2. The molecule has 8 unspecified atom stereocenters. The number of carbonyl (C=O) groups excluding carboxylic acids is 5. The minimum atomic E-state index is -1.05. The summed E-state index contributed by atoms with van der Waals surface area (Å²) in [5.41, 5.74) is 0.853. The van der Waals surface area contributed by atoms with Crippen molar-refractivity contribution in [1.29, 1.82) is 0 Å². The third kappa shape index (κ3) is 12.0. The molecule has 2 heterocycles. The molecule has 1 aromatic carbocycles. The number of nitrogens with one attached hydrogen (secondary N) is 2. The van der Waals surface area contributed by atoms with Crippen LogP contribution in [0.5, 0.6) is 0 Å². The summed E-state index contributed by atoms with van der Waals surface area (Å²) in [6, 6.07) is 5.97. The van der Waals surface area contributed by atoms with Crippen molar-refractivity contribution in [2.75, 3.05) is 34.2 Å². The second kappa shape index (κ2) is 21.8. The molecule has 326 valence electrons. The predicted molar refractivity (Wildman–Crippen MR) is 226 cm³/mol. The maximum Gasteiger partial charge on any atom is 0.326 e. The molecule has 2 saturated heterocycles. The first-order valence-electron chi connectivity index (χ1n) is 21.6. The lowest BCUT2D eigenvalue weighted by atomic mass is 9.84. The van der Waals surface area contributed by atoms with Gasteiger partial charge in [-0.2, -0.15) is 0 Å². The molecule has 2 aliphatic rings. The van der Waals surface area contributed by atoms with Crippen LogP contribution < -0.4 is 10.6 Å². The first-order valence-corrected chi connectivity index (χ1v) is 21.6. The lowest BCUT2D eigenvalue weighted by Crippen LogP contribution is -2.58. The second-order valence-electron chi connectivity index (χ2n) is 18.1. The molecule has 3 N–H and O–H groups in total. The van der Waals surface area contributed by atoms with Crippen molar-refractivity contribution in [2.24, 2.45) is 35.5 Å². The van der Waals surface area contributed by atoms with Crippen LogP contribution in [0.4, 0.5) is 0 Å². The number of amides is 5. The van der Waals surface area contributed by atoms with Gasteiger partial charge in [0.05, 0.1) is 6.04 Å². The topological polar surface area (TPSA) is 160 Å². The number of carboxylic acids is 1. The summed E-state index contributed by atoms with van der Waals surface area (Å²) in [5, 5.41) is 15.8. The average molecular weight is 811 g/mol. The molecular weight excluding hydrogens is 737 g/mol. The zero-order chi connectivity index (χ0) is 43.6. The average Bonchev–Trinajstić information content (AvgIpc) is 3.87. The third-order valence-electron chi connectivity index (χ3n) is 12.9. The molecule has 0 spiro atoms. The van der Waals surface area contributed by atoms with Crippen LogP contribution >= 0.6 is 0 Å². The summed E-state index contributed by atoms with van der Waals surface area (Å²) in [4.78, 5) is 88.6. The molecule has 58 heavy (non-hydrogen) atoms. The Morgan fingerprint density at radius 1 is 0.793 bits per heavy atom. The summed E-state index contributed by atoms with van der Waals surface area (Å²) in [7, 11) is 5.51. The molecule has 3 rings (SSSR count). The predicted octanol–water partition coefficient (Wildman–Crippen LogP) is 4.68. The van der Waals surface area contributed by atoms with Gasteiger partial charge in [0.15, 0.2) is 0 Å². The van der Waals surface area contributed by atoms with E-state index in [0.717, 1.165) is 24.8 Å². The Labute approximate surface area is 348 Å². The van der Waals surface area contributed by atoms with Crippen molar-refractivity contribution in [3.63, 3.8) is 0 Å². The monoisotopic (exact) mass is 811 g/mol. The molecule has 13 heteroatoms. The number of hydrogen-bond acceptors (Lipinski definition) is 7. The Bertz CT molecular complexity index is 1540. The van der Waals surface area contributed by atoms with E-state index in [1.807, 2.05) is 103 Å². The highest BCUT2D eigenvalue weighted by molar-refractivity contribution is 5.92. The van der Waals surface area contributed by atoms with Crippen molar-refractivity contribution in [3.05, 3.63) is 35.9 Å². The molecule has 13 nitrogen and oxygen atoms in total. The van der Waals surface area contributed by atoms with Crippen LogP contribution in [0.1, 0.15) is 106 Å². The molecule has 5 amide bonds. The first kappa shape index (κ1) is 48.4. The van der Waals surface area contributed by atoms with Crippen LogP contribution in [0, 0.1) is 35.5 Å². The van der Waals surface area contributed by atoms with Gasteiger partial charge in [-0.1, -0.05) is 99.1 Å². The Morgan fingerprint density at radius 3 is 1.95 bits per heavy atom. The molecule has 2 aliphatic heterocycles. The number of nitrogens with zero attached hydrogens (tertiary/aromatic N) is 4. The summed E-state index contributed by atoms with van der Waals surface area (Å²) < 4.78 is 0. The molecule has 0 saturated carbocycles. The highest BCUT2D eigenvalue weighted by atomic mass is 16.4. The number of likely N-dealkylation sites (N-methyl/N-ethyl adjacent to an activating group) is 2. The van der Waals surface area contributed by atoms with Crippen LogP contribution in [0.25, 0.3) is 0 Å². The van der Waals surface area contributed by atoms with Gasteiger partial charge >= 0.3 is 5.97 Å². The van der Waals surface area contributed by atoms with Crippen molar-refractivity contribution in [2.45, 2.75) is 144 Å². The largest absolute Gasteiger partial charge is 0.480 e. The fourth-order valence-electron chi connectivity index (χ4n) is 9.39. The van der Waals surface area contributed by atoms with Gasteiger partial charge in [0.1, 0.15) is 18.1 Å². The molecule has 1 aromatic rings. The van der Waals surface area contributed by atoms with Gasteiger partial charge < -0.3 is 30.4 Å². The van der Waals surface area contributed by atoms with E-state index in [4.69, 9.17) is 0 Å². The number of rotatable bonds is 20. The van der Waals surface area contributed by atoms with Crippen LogP contribution in [-0.2, 0) is 35.2 Å². The normalized spacial score (nSPS) is 21.2. The molecule has 2 fully saturated rings. The van der Waals surface area contributed by atoms with Crippen molar-refractivity contribution in [3.8, 4) is 0 Å². The number of carboxylic acid groups (broad SMARTS) is 1. The second-order valence-corrected chi connectivity index (χ2v) is 18.1. The third-order valence-corrected chi connectivity index (χ3v) is 12.9. The molecule has 0 bridgehead atoms. The van der Waals surface area contributed by atoms with E-state index in [9.17, 15) is 33.9 Å². The number of carbonyl (C=O) groups is 6. The van der Waals surface area contributed by atoms with Gasteiger partial charge in [-0.15, -0.1) is 0 Å². The summed E-state index contributed by atoms with van der Waals surface area (Å²) in [6.45, 7) is 18.7. The number of hydrogen-bond donors (Lipinski definition) is 3. The minimum Gasteiger partial charge on any atom is -0.480 e. The van der Waals surface area contributed by atoms with E-state index >= 15 is 0 Å². The summed E-state index contributed by atoms with van der Waals surface area (Å²) >= 11 is 0. The van der Waals surface area contributed by atoms with Crippen molar-refractivity contribution < 1.29 is 33.9 Å². The van der Waals surface area contributed by atoms with Gasteiger partial charge in [-0.25, -0.2) is 4.79 Å². The number of aliphatic carboxylic acids is 1. The van der Waals surface area contributed by atoms with Gasteiger partial charge in [0.2, 0.25) is 29.5 Å². The lowest BCUT2D eigenvalue weighted by molar-refractivity contribution is -0.149. The van der Waals surface area contributed by atoms with Crippen LogP contribution in [-0.4, -0.2) is 131 Å². The lowest BCUT2D eigenvalue weighted by Gasteiger charge is -2.40. The smallest absolute Gasteiger partial charge is 0.326 e. The summed E-state index contributed by atoms with van der Waals surface area (Å²) in [5.74, 6) is -3.10. The van der Waals surface area contributed by atoms with E-state index in [1.54, 1.807) is 11.9 Å². The zero-order valence-corrected chi connectivity index (χ0v) is 37.4. The Hall–Kier alpha value is -4.00. The fraction of sp³-hybridized carbons (Fsp3) is 0.733. The van der Waals surface area contributed by atoms with Crippen molar-refractivity contribution in [1.82, 2.24) is 30.2 Å². The van der Waals surface area contributed by atoms with Crippen molar-refractivity contribution >= 4 is 35.5 Å². The minimum absolute atomic E-state index is 0.0195. The molecule has 0 radical (unpaired) electrons. The highest BCUT2D eigenvalue weighted by Gasteiger charge is 2.42. The maximum absolute atomic E-state index is 14.2. The quantitative estimate of drug-likeness (QED) is 0.171. The SMILES string of the molecule is CCC(C)C(C(C)CC(=O)N1CCCC1C(C)C(C)C(=O)N[C@@H](Cc1ccccc1)C(=O)N1CCCC1C(=O)O)N(C)C(=O)[C@@H](NC(=O)C(C(C)C)N(C)C)C(C)C. The first-order chi connectivity index (χ1) is 27.2. The standard InChI is InChI=1S/C45H74N6O7/c1-13-29(6)40(49(12)44(56)38(27(2)3)47-42(54)39(28(4)5)48(10)11)30(7)25-37(52)50-23-17-21-35(50)31(8)32(9)41(53)46-34(26-33-19-15-14-16-20-33)43(55)51-24-18-22-36(51)45(57)58/h14-16,19-20,27-32,34-36,38-40H,13,17-18,21-26H2,1-12H3,(H,46,53)(H,47,54)(H,57,58)/t29?,30?,31?,32?,34-,35?,36?,38-,39?,40?/m0/s1. The molecular formula is C45H74N6O7. The fourth-order valence-corrected chi connectivity index (χ4v) is 9.39. The highest BCUT2D eigenvalue weighted by Crippen LogP contribution is 2.32. The van der Waals surface area contributed by atoms with Gasteiger partial charge in [0.25, 0.3) is 0 Å². The zero-order valence-electron chi connectivity index (χ0n) is 37.4. The number of benzene rings is 1. The van der Waals surface area contributed by atoms with E-state index in [0.29, 0.717) is 25.9 Å². The van der Waals surface area contributed by atoms with E-state index in [-0.39, 0.29) is 84.2 Å². The number of likely N-dealkylation sites (tertiary alicyclic amines) is 2. The van der Waals surface area contributed by atoms with Gasteiger partial charge in [0, 0.05) is 51.0 Å².